The summed E-state index contributed by atoms with van der Waals surface area (Å²) in [5.74, 6) is 0.276. The summed E-state index contributed by atoms with van der Waals surface area (Å²) in [7, 11) is 0. The molecule has 0 amide bonds. The number of aliphatic hydroxyl groups excluding tert-OH is 2. The van der Waals surface area contributed by atoms with Gasteiger partial charge in [0.05, 0.1) is 12.2 Å². The van der Waals surface area contributed by atoms with Gasteiger partial charge in [-0.2, -0.15) is 0 Å². The zero-order valence-corrected chi connectivity index (χ0v) is 12.7. The molecular weight excluding hydrogens is 224 g/mol. The minimum absolute atomic E-state index is 0.276. The van der Waals surface area contributed by atoms with E-state index < -0.39 is 12.2 Å². The van der Waals surface area contributed by atoms with Crippen LogP contribution in [-0.2, 0) is 0 Å². The molecule has 0 saturated heterocycles. The van der Waals surface area contributed by atoms with Crippen molar-refractivity contribution in [1.29, 1.82) is 0 Å². The zero-order valence-electron chi connectivity index (χ0n) is 12.7. The highest BCUT2D eigenvalue weighted by molar-refractivity contribution is 4.75. The van der Waals surface area contributed by atoms with Gasteiger partial charge in [-0.25, -0.2) is 0 Å². The third-order valence-corrected chi connectivity index (χ3v) is 3.93. The Morgan fingerprint density at radius 2 is 1.28 bits per heavy atom. The maximum Gasteiger partial charge on any atom is 0.0827 e. The van der Waals surface area contributed by atoms with Crippen molar-refractivity contribution in [3.8, 4) is 0 Å². The standard InChI is InChI=1S/C16H34O2/c1-4-7-9-11-12-14(6-3)16(18)15(17)13-10-8-5-2/h14-18H,4-13H2,1-3H3. The molecule has 3 atom stereocenters. The minimum Gasteiger partial charge on any atom is -0.390 e. The quantitative estimate of drug-likeness (QED) is 0.513. The molecule has 3 unspecified atom stereocenters. The lowest BCUT2D eigenvalue weighted by atomic mass is 9.88. The Balaban J connectivity index is 3.88. The van der Waals surface area contributed by atoms with E-state index in [0.717, 1.165) is 38.5 Å². The van der Waals surface area contributed by atoms with Gasteiger partial charge in [-0.1, -0.05) is 72.1 Å². The average Bonchev–Trinajstić information content (AvgIpc) is 2.38. The predicted octanol–water partition coefficient (Wildman–Crippen LogP) is 4.29. The Hall–Kier alpha value is -0.0800. The first-order chi connectivity index (χ1) is 8.67. The Labute approximate surface area is 114 Å². The summed E-state index contributed by atoms with van der Waals surface area (Å²) in [5.41, 5.74) is 0. The van der Waals surface area contributed by atoms with Gasteiger partial charge in [-0.15, -0.1) is 0 Å². The Morgan fingerprint density at radius 3 is 1.83 bits per heavy atom. The molecule has 0 aromatic rings. The second kappa shape index (κ2) is 12.0. The third kappa shape index (κ3) is 8.10. The first-order valence-corrected chi connectivity index (χ1v) is 8.03. The molecule has 18 heavy (non-hydrogen) atoms. The maximum atomic E-state index is 10.2. The van der Waals surface area contributed by atoms with E-state index in [1.807, 2.05) is 0 Å². The van der Waals surface area contributed by atoms with Crippen LogP contribution >= 0.6 is 0 Å². The molecule has 0 aliphatic carbocycles. The zero-order chi connectivity index (χ0) is 13.8. The molecule has 110 valence electrons. The number of unbranched alkanes of at least 4 members (excludes halogenated alkanes) is 5. The molecule has 0 aromatic carbocycles. The van der Waals surface area contributed by atoms with Gasteiger partial charge in [0.1, 0.15) is 0 Å². The van der Waals surface area contributed by atoms with E-state index in [4.69, 9.17) is 0 Å². The van der Waals surface area contributed by atoms with Crippen LogP contribution < -0.4 is 0 Å². The summed E-state index contributed by atoms with van der Waals surface area (Å²) in [5, 5.41) is 20.2. The lowest BCUT2D eigenvalue weighted by Gasteiger charge is -2.26. The summed E-state index contributed by atoms with van der Waals surface area (Å²) in [6, 6.07) is 0. The van der Waals surface area contributed by atoms with E-state index in [-0.39, 0.29) is 5.92 Å². The van der Waals surface area contributed by atoms with Crippen LogP contribution in [0.2, 0.25) is 0 Å². The van der Waals surface area contributed by atoms with Gasteiger partial charge in [0.15, 0.2) is 0 Å². The van der Waals surface area contributed by atoms with Crippen molar-refractivity contribution in [3.63, 3.8) is 0 Å². The molecule has 0 spiro atoms. The third-order valence-electron chi connectivity index (χ3n) is 3.93. The molecule has 0 heterocycles. The minimum atomic E-state index is -0.521. The summed E-state index contributed by atoms with van der Waals surface area (Å²) in [4.78, 5) is 0. The highest BCUT2D eigenvalue weighted by Gasteiger charge is 2.24. The fourth-order valence-electron chi connectivity index (χ4n) is 2.54. The highest BCUT2D eigenvalue weighted by atomic mass is 16.3. The fourth-order valence-corrected chi connectivity index (χ4v) is 2.54. The first-order valence-electron chi connectivity index (χ1n) is 8.03. The van der Waals surface area contributed by atoms with Crippen molar-refractivity contribution in [3.05, 3.63) is 0 Å². The molecule has 0 aromatic heterocycles. The van der Waals surface area contributed by atoms with E-state index >= 15 is 0 Å². The molecule has 0 aliphatic heterocycles. The molecule has 0 aliphatic rings. The van der Waals surface area contributed by atoms with Crippen molar-refractivity contribution in [2.45, 2.75) is 97.2 Å². The van der Waals surface area contributed by atoms with Crippen molar-refractivity contribution in [1.82, 2.24) is 0 Å². The molecule has 2 heteroatoms. The van der Waals surface area contributed by atoms with Crippen LogP contribution in [0.3, 0.4) is 0 Å². The lowest BCUT2D eigenvalue weighted by molar-refractivity contribution is -0.0259. The van der Waals surface area contributed by atoms with Crippen molar-refractivity contribution < 1.29 is 10.2 Å². The number of rotatable bonds is 12. The Morgan fingerprint density at radius 1 is 0.722 bits per heavy atom. The first kappa shape index (κ1) is 17.9. The van der Waals surface area contributed by atoms with Gasteiger partial charge in [0, 0.05) is 0 Å². The molecule has 2 N–H and O–H groups in total. The van der Waals surface area contributed by atoms with Crippen LogP contribution in [0.4, 0.5) is 0 Å². The molecule has 2 nitrogen and oxygen atoms in total. The smallest absolute Gasteiger partial charge is 0.0827 e. The average molecular weight is 258 g/mol. The molecular formula is C16H34O2. The number of aliphatic hydroxyl groups is 2. The predicted molar refractivity (Wildman–Crippen MR) is 78.7 cm³/mol. The van der Waals surface area contributed by atoms with Crippen LogP contribution in [0.25, 0.3) is 0 Å². The molecule has 0 radical (unpaired) electrons. The topological polar surface area (TPSA) is 40.5 Å². The van der Waals surface area contributed by atoms with Gasteiger partial charge >= 0.3 is 0 Å². The normalized spacial score (nSPS) is 16.5. The van der Waals surface area contributed by atoms with E-state index in [2.05, 4.69) is 20.8 Å². The van der Waals surface area contributed by atoms with Crippen LogP contribution in [0.1, 0.15) is 85.0 Å². The van der Waals surface area contributed by atoms with Gasteiger partial charge < -0.3 is 10.2 Å². The number of hydrogen-bond acceptors (Lipinski definition) is 2. The molecule has 0 fully saturated rings. The highest BCUT2D eigenvalue weighted by Crippen LogP contribution is 2.22. The van der Waals surface area contributed by atoms with E-state index in [9.17, 15) is 10.2 Å². The van der Waals surface area contributed by atoms with Gasteiger partial charge in [0.2, 0.25) is 0 Å². The second-order valence-electron chi connectivity index (χ2n) is 5.57. The largest absolute Gasteiger partial charge is 0.390 e. The number of hydrogen-bond donors (Lipinski definition) is 2. The van der Waals surface area contributed by atoms with Crippen LogP contribution in [0.15, 0.2) is 0 Å². The van der Waals surface area contributed by atoms with Crippen LogP contribution in [0.5, 0.6) is 0 Å². The van der Waals surface area contributed by atoms with Crippen molar-refractivity contribution in [2.75, 3.05) is 0 Å². The molecule has 0 rings (SSSR count). The molecule has 0 saturated carbocycles. The summed E-state index contributed by atoms with van der Waals surface area (Å²) < 4.78 is 0. The fraction of sp³-hybridized carbons (Fsp3) is 1.00. The van der Waals surface area contributed by atoms with Gasteiger partial charge in [0.25, 0.3) is 0 Å². The van der Waals surface area contributed by atoms with Crippen LogP contribution in [-0.4, -0.2) is 22.4 Å². The van der Waals surface area contributed by atoms with E-state index in [0.29, 0.717) is 0 Å². The Bertz CT molecular complexity index is 170. The van der Waals surface area contributed by atoms with Gasteiger partial charge in [-0.05, 0) is 18.8 Å². The van der Waals surface area contributed by atoms with Crippen molar-refractivity contribution >= 4 is 0 Å². The van der Waals surface area contributed by atoms with E-state index in [1.54, 1.807) is 0 Å². The summed E-state index contributed by atoms with van der Waals surface area (Å²) >= 11 is 0. The monoisotopic (exact) mass is 258 g/mol. The van der Waals surface area contributed by atoms with Gasteiger partial charge in [-0.3, -0.25) is 0 Å². The second-order valence-corrected chi connectivity index (χ2v) is 5.57. The molecule has 0 bridgehead atoms. The lowest BCUT2D eigenvalue weighted by Crippen LogP contribution is -2.33. The SMILES string of the molecule is CCCCCCC(CC)C(O)C(O)CCCCC. The maximum absolute atomic E-state index is 10.2. The Kier molecular flexibility index (Phi) is 11.9. The van der Waals surface area contributed by atoms with E-state index in [1.165, 1.54) is 25.7 Å². The van der Waals surface area contributed by atoms with Crippen LogP contribution in [0, 0.1) is 5.92 Å². The van der Waals surface area contributed by atoms with Crippen molar-refractivity contribution in [2.24, 2.45) is 5.92 Å². The summed E-state index contributed by atoms with van der Waals surface area (Å²) in [6.45, 7) is 6.49. The summed E-state index contributed by atoms with van der Waals surface area (Å²) in [6.07, 6.45) is 10.1.